The Morgan fingerprint density at radius 3 is 2.50 bits per heavy atom. The van der Waals surface area contributed by atoms with Crippen molar-refractivity contribution in [2.45, 2.75) is 95.8 Å². The van der Waals surface area contributed by atoms with Crippen LogP contribution in [0.2, 0.25) is 0 Å². The molecule has 2 aromatic heterocycles. The number of ether oxygens (including phenoxy) is 2. The summed E-state index contributed by atoms with van der Waals surface area (Å²) >= 11 is 0. The molecule has 3 aromatic rings. The van der Waals surface area contributed by atoms with Crippen LogP contribution in [0.3, 0.4) is 0 Å². The lowest BCUT2D eigenvalue weighted by Gasteiger charge is -2.39. The van der Waals surface area contributed by atoms with E-state index >= 15 is 0 Å². The maximum Gasteiger partial charge on any atom is 0.252 e. The van der Waals surface area contributed by atoms with Gasteiger partial charge in [-0.05, 0) is 54.7 Å². The molecule has 2 fully saturated rings. The fourth-order valence-electron chi connectivity index (χ4n) is 6.40. The lowest BCUT2D eigenvalue weighted by molar-refractivity contribution is 0.0830. The number of nitrogens with one attached hydrogen (secondary N) is 1. The van der Waals surface area contributed by atoms with E-state index in [9.17, 15) is 4.79 Å². The van der Waals surface area contributed by atoms with Crippen molar-refractivity contribution in [2.75, 3.05) is 13.2 Å². The number of tetrazole rings is 1. The molecular formula is C27H36N6O3. The summed E-state index contributed by atoms with van der Waals surface area (Å²) in [6, 6.07) is 6.74. The van der Waals surface area contributed by atoms with E-state index in [0.29, 0.717) is 37.6 Å². The molecule has 1 aromatic carbocycles. The predicted molar refractivity (Wildman–Crippen MR) is 136 cm³/mol. The molecule has 1 N–H and O–H groups in total. The maximum atomic E-state index is 13.3. The van der Waals surface area contributed by atoms with Crippen molar-refractivity contribution in [3.05, 3.63) is 39.9 Å². The fourth-order valence-corrected chi connectivity index (χ4v) is 6.40. The minimum atomic E-state index is -0.0507. The molecule has 36 heavy (non-hydrogen) atoms. The molecule has 6 rings (SSSR count). The fraction of sp³-hybridized carbons (Fsp3) is 0.630. The zero-order valence-corrected chi connectivity index (χ0v) is 21.1. The Kier molecular flexibility index (Phi) is 6.65. The first kappa shape index (κ1) is 23.5. The highest BCUT2D eigenvalue weighted by molar-refractivity contribution is 5.83. The Bertz CT molecular complexity index is 1260. The van der Waals surface area contributed by atoms with Crippen LogP contribution in [-0.4, -0.2) is 49.3 Å². The van der Waals surface area contributed by atoms with Crippen molar-refractivity contribution in [3.8, 4) is 11.5 Å². The highest BCUT2D eigenvalue weighted by Crippen LogP contribution is 2.37. The molecule has 0 radical (unpaired) electrons. The van der Waals surface area contributed by atoms with Crippen LogP contribution in [-0.2, 0) is 6.54 Å². The van der Waals surface area contributed by atoms with Crippen molar-refractivity contribution in [3.63, 3.8) is 0 Å². The first-order chi connectivity index (χ1) is 17.7. The number of pyridine rings is 1. The predicted octanol–water partition coefficient (Wildman–Crippen LogP) is 4.69. The van der Waals surface area contributed by atoms with Crippen LogP contribution in [0, 0.1) is 0 Å². The zero-order valence-electron chi connectivity index (χ0n) is 21.1. The molecule has 192 valence electrons. The van der Waals surface area contributed by atoms with Crippen LogP contribution < -0.4 is 15.0 Å². The molecule has 1 atom stereocenters. The first-order valence-electron chi connectivity index (χ1n) is 13.7. The van der Waals surface area contributed by atoms with Crippen LogP contribution in [0.4, 0.5) is 0 Å². The third-order valence-corrected chi connectivity index (χ3v) is 8.25. The van der Waals surface area contributed by atoms with E-state index in [2.05, 4.69) is 37.0 Å². The quantitative estimate of drug-likeness (QED) is 0.511. The number of fused-ring (bicyclic) bond motifs is 2. The molecule has 3 aliphatic rings. The Morgan fingerprint density at radius 2 is 1.75 bits per heavy atom. The van der Waals surface area contributed by atoms with Gasteiger partial charge in [-0.25, -0.2) is 4.68 Å². The molecule has 9 heteroatoms. The normalized spacial score (nSPS) is 19.8. The first-order valence-corrected chi connectivity index (χ1v) is 13.7. The second kappa shape index (κ2) is 10.2. The largest absolute Gasteiger partial charge is 0.486 e. The Morgan fingerprint density at radius 1 is 1.03 bits per heavy atom. The minimum absolute atomic E-state index is 0.0507. The number of hydrogen-bond donors (Lipinski definition) is 1. The van der Waals surface area contributed by atoms with Gasteiger partial charge in [-0.3, -0.25) is 9.69 Å². The number of aromatic nitrogens is 5. The average Bonchev–Trinajstić information content (AvgIpc) is 3.61. The smallest absolute Gasteiger partial charge is 0.252 e. The van der Waals surface area contributed by atoms with E-state index in [0.717, 1.165) is 60.1 Å². The molecule has 0 saturated heterocycles. The zero-order chi connectivity index (χ0) is 24.5. The van der Waals surface area contributed by atoms with Gasteiger partial charge in [-0.1, -0.05) is 39.0 Å². The van der Waals surface area contributed by atoms with E-state index in [-0.39, 0.29) is 11.6 Å². The van der Waals surface area contributed by atoms with Crippen molar-refractivity contribution in [1.29, 1.82) is 0 Å². The molecule has 3 heterocycles. The summed E-state index contributed by atoms with van der Waals surface area (Å²) in [5.74, 6) is 2.37. The monoisotopic (exact) mass is 492 g/mol. The highest BCUT2D eigenvalue weighted by Gasteiger charge is 2.34. The molecule has 2 aliphatic carbocycles. The summed E-state index contributed by atoms with van der Waals surface area (Å²) in [4.78, 5) is 18.9. The van der Waals surface area contributed by atoms with Crippen LogP contribution in [0.25, 0.3) is 10.9 Å². The van der Waals surface area contributed by atoms with Gasteiger partial charge in [0.15, 0.2) is 17.3 Å². The van der Waals surface area contributed by atoms with Gasteiger partial charge < -0.3 is 14.5 Å². The van der Waals surface area contributed by atoms with Crippen LogP contribution in [0.15, 0.2) is 23.0 Å². The molecule has 0 bridgehead atoms. The summed E-state index contributed by atoms with van der Waals surface area (Å²) in [5, 5.41) is 14.1. The standard InChI is InChI=1S/C27H36N6O3/c1-2-23(26-29-30-31-33(26)21-10-6-7-11-21)32(20-8-4-3-5-9-20)17-19-14-18-15-24-25(36-13-12-35-24)16-22(18)28-27(19)34/h14-16,20-21,23H,2-13,17H2,1H3,(H,28,34). The van der Waals surface area contributed by atoms with Gasteiger partial charge in [-0.2, -0.15) is 0 Å². The van der Waals surface area contributed by atoms with Gasteiger partial charge in [0.05, 0.1) is 17.6 Å². The number of aromatic amines is 1. The molecular weight excluding hydrogens is 456 g/mol. The minimum Gasteiger partial charge on any atom is -0.486 e. The van der Waals surface area contributed by atoms with E-state index in [1.54, 1.807) is 0 Å². The van der Waals surface area contributed by atoms with Gasteiger partial charge in [0.25, 0.3) is 5.56 Å². The van der Waals surface area contributed by atoms with Gasteiger partial charge in [0.2, 0.25) is 0 Å². The van der Waals surface area contributed by atoms with Gasteiger partial charge >= 0.3 is 0 Å². The summed E-state index contributed by atoms with van der Waals surface area (Å²) in [5.41, 5.74) is 1.49. The Balaban J connectivity index is 1.37. The van der Waals surface area contributed by atoms with Crippen molar-refractivity contribution < 1.29 is 9.47 Å². The van der Waals surface area contributed by atoms with E-state index in [1.807, 2.05) is 18.2 Å². The van der Waals surface area contributed by atoms with E-state index in [4.69, 9.17) is 9.47 Å². The Hall–Kier alpha value is -2.94. The molecule has 0 amide bonds. The third-order valence-electron chi connectivity index (χ3n) is 8.25. The van der Waals surface area contributed by atoms with Gasteiger partial charge in [-0.15, -0.1) is 5.10 Å². The molecule has 1 unspecified atom stereocenters. The van der Waals surface area contributed by atoms with Gasteiger partial charge in [0, 0.05) is 29.6 Å². The van der Waals surface area contributed by atoms with Crippen molar-refractivity contribution >= 4 is 10.9 Å². The van der Waals surface area contributed by atoms with E-state index < -0.39 is 0 Å². The lowest BCUT2D eigenvalue weighted by atomic mass is 9.92. The molecule has 1 aliphatic heterocycles. The molecule has 0 spiro atoms. The van der Waals surface area contributed by atoms with Gasteiger partial charge in [0.1, 0.15) is 13.2 Å². The van der Waals surface area contributed by atoms with Crippen LogP contribution >= 0.6 is 0 Å². The SMILES string of the molecule is CCC(c1nnnn1C1CCCC1)N(Cc1cc2cc3c(cc2[nH]c1=O)OCCO3)C1CCCCC1. The summed E-state index contributed by atoms with van der Waals surface area (Å²) in [7, 11) is 0. The van der Waals surface area contributed by atoms with Crippen LogP contribution in [0.5, 0.6) is 11.5 Å². The van der Waals surface area contributed by atoms with Crippen molar-refractivity contribution in [2.24, 2.45) is 0 Å². The highest BCUT2D eigenvalue weighted by atomic mass is 16.6. The second-order valence-corrected chi connectivity index (χ2v) is 10.5. The molecule has 2 saturated carbocycles. The van der Waals surface area contributed by atoms with Crippen molar-refractivity contribution in [1.82, 2.24) is 30.1 Å². The number of rotatable bonds is 7. The average molecular weight is 493 g/mol. The third kappa shape index (κ3) is 4.49. The number of nitrogens with zero attached hydrogens (tertiary/aromatic N) is 5. The van der Waals surface area contributed by atoms with Crippen LogP contribution in [0.1, 0.15) is 94.6 Å². The second-order valence-electron chi connectivity index (χ2n) is 10.5. The maximum absolute atomic E-state index is 13.3. The Labute approximate surface area is 211 Å². The lowest BCUT2D eigenvalue weighted by Crippen LogP contribution is -2.41. The van der Waals surface area contributed by atoms with E-state index in [1.165, 1.54) is 32.1 Å². The summed E-state index contributed by atoms with van der Waals surface area (Å²) in [6.45, 7) is 3.84. The summed E-state index contributed by atoms with van der Waals surface area (Å²) < 4.78 is 13.6. The number of benzene rings is 1. The summed E-state index contributed by atoms with van der Waals surface area (Å²) in [6.07, 6.45) is 11.7. The topological polar surface area (TPSA) is 98.2 Å². The molecule has 9 nitrogen and oxygen atoms in total. The number of hydrogen-bond acceptors (Lipinski definition) is 7. The number of H-pyrrole nitrogens is 1.